The predicted octanol–water partition coefficient (Wildman–Crippen LogP) is 3.25. The molecule has 0 bridgehead atoms. The fraction of sp³-hybridized carbons (Fsp3) is 0.278. The maximum Gasteiger partial charge on any atom is 0.416 e. The van der Waals surface area contributed by atoms with E-state index in [-0.39, 0.29) is 17.0 Å². The van der Waals surface area contributed by atoms with Crippen molar-refractivity contribution >= 4 is 33.4 Å². The SMILES string of the molecule is CSCCC(NS(=O)(=O)c1ccccc1)C(=O)NNc1cccc(C(F)(F)F)c1. The van der Waals surface area contributed by atoms with Gasteiger partial charge in [-0.1, -0.05) is 24.3 Å². The topological polar surface area (TPSA) is 87.3 Å². The molecule has 1 amide bonds. The monoisotopic (exact) mass is 447 g/mol. The number of anilines is 1. The first-order valence-electron chi connectivity index (χ1n) is 8.43. The number of benzene rings is 2. The molecule has 3 N–H and O–H groups in total. The number of halogens is 3. The van der Waals surface area contributed by atoms with Crippen LogP contribution in [-0.2, 0) is 21.0 Å². The summed E-state index contributed by atoms with van der Waals surface area (Å²) in [6, 6.07) is 10.7. The number of amides is 1. The summed E-state index contributed by atoms with van der Waals surface area (Å²) < 4.78 is 65.7. The molecule has 0 aliphatic carbocycles. The lowest BCUT2D eigenvalue weighted by atomic mass is 10.2. The van der Waals surface area contributed by atoms with Crippen molar-refractivity contribution in [2.45, 2.75) is 23.5 Å². The number of hydrazine groups is 1. The van der Waals surface area contributed by atoms with Crippen molar-refractivity contribution in [3.8, 4) is 0 Å². The van der Waals surface area contributed by atoms with Crippen LogP contribution in [0.5, 0.6) is 0 Å². The molecule has 6 nitrogen and oxygen atoms in total. The molecular formula is C18H20F3N3O3S2. The molecule has 1 unspecified atom stereocenters. The summed E-state index contributed by atoms with van der Waals surface area (Å²) in [5.41, 5.74) is 3.81. The van der Waals surface area contributed by atoms with Crippen LogP contribution in [-0.4, -0.2) is 32.4 Å². The third-order valence-corrected chi connectivity index (χ3v) is 5.93. The smallest absolute Gasteiger partial charge is 0.299 e. The number of carbonyl (C=O) groups excluding carboxylic acids is 1. The van der Waals surface area contributed by atoms with Gasteiger partial charge in [-0.15, -0.1) is 0 Å². The lowest BCUT2D eigenvalue weighted by molar-refractivity contribution is -0.137. The van der Waals surface area contributed by atoms with Crippen molar-refractivity contribution < 1.29 is 26.4 Å². The van der Waals surface area contributed by atoms with Gasteiger partial charge in [-0.2, -0.15) is 29.7 Å². The molecule has 2 rings (SSSR count). The number of thioether (sulfide) groups is 1. The van der Waals surface area contributed by atoms with E-state index in [4.69, 9.17) is 0 Å². The van der Waals surface area contributed by atoms with E-state index in [9.17, 15) is 26.4 Å². The summed E-state index contributed by atoms with van der Waals surface area (Å²) in [4.78, 5) is 12.5. The molecule has 29 heavy (non-hydrogen) atoms. The van der Waals surface area contributed by atoms with E-state index in [0.717, 1.165) is 12.1 Å². The number of carbonyl (C=O) groups is 1. The van der Waals surface area contributed by atoms with Crippen LogP contribution in [0.1, 0.15) is 12.0 Å². The van der Waals surface area contributed by atoms with E-state index in [1.807, 2.05) is 6.26 Å². The van der Waals surface area contributed by atoms with Gasteiger partial charge in [-0.05, 0) is 48.8 Å². The standard InChI is InChI=1S/C18H20F3N3O3S2/c1-28-11-10-16(24-29(26,27)15-8-3-2-4-9-15)17(25)23-22-14-7-5-6-13(12-14)18(19,20)21/h2-9,12,16,22,24H,10-11H2,1H3,(H,23,25). The Morgan fingerprint density at radius 2 is 1.79 bits per heavy atom. The molecule has 0 fully saturated rings. The molecule has 0 heterocycles. The van der Waals surface area contributed by atoms with Crippen molar-refractivity contribution in [1.82, 2.24) is 10.1 Å². The second-order valence-corrected chi connectivity index (χ2v) is 8.66. The van der Waals surface area contributed by atoms with E-state index < -0.39 is 33.7 Å². The van der Waals surface area contributed by atoms with Crippen LogP contribution in [0, 0.1) is 0 Å². The molecular weight excluding hydrogens is 427 g/mol. The Morgan fingerprint density at radius 1 is 1.10 bits per heavy atom. The summed E-state index contributed by atoms with van der Waals surface area (Å²) >= 11 is 1.43. The molecule has 11 heteroatoms. The first kappa shape index (κ1) is 23.0. The highest BCUT2D eigenvalue weighted by molar-refractivity contribution is 7.98. The zero-order valence-electron chi connectivity index (χ0n) is 15.4. The normalized spacial score (nSPS) is 13.0. The van der Waals surface area contributed by atoms with Gasteiger partial charge in [0.1, 0.15) is 6.04 Å². The van der Waals surface area contributed by atoms with E-state index in [2.05, 4.69) is 15.6 Å². The highest BCUT2D eigenvalue weighted by Gasteiger charge is 2.30. The first-order chi connectivity index (χ1) is 13.6. The third-order valence-electron chi connectivity index (χ3n) is 3.80. The molecule has 2 aromatic rings. The Morgan fingerprint density at radius 3 is 2.41 bits per heavy atom. The Balaban J connectivity index is 2.09. The number of hydrogen-bond donors (Lipinski definition) is 3. The molecule has 0 saturated heterocycles. The first-order valence-corrected chi connectivity index (χ1v) is 11.3. The fourth-order valence-corrected chi connectivity index (χ4v) is 4.05. The van der Waals surface area contributed by atoms with Crippen LogP contribution < -0.4 is 15.6 Å². The largest absolute Gasteiger partial charge is 0.416 e. The molecule has 0 radical (unpaired) electrons. The summed E-state index contributed by atoms with van der Waals surface area (Å²) in [5.74, 6) is -0.213. The predicted molar refractivity (Wildman–Crippen MR) is 107 cm³/mol. The summed E-state index contributed by atoms with van der Waals surface area (Å²) in [6.45, 7) is 0. The van der Waals surface area contributed by atoms with Crippen LogP contribution in [0.15, 0.2) is 59.5 Å². The van der Waals surface area contributed by atoms with Gasteiger partial charge in [-0.3, -0.25) is 15.6 Å². The van der Waals surface area contributed by atoms with Gasteiger partial charge in [0.2, 0.25) is 10.0 Å². The van der Waals surface area contributed by atoms with Gasteiger partial charge in [0.15, 0.2) is 0 Å². The van der Waals surface area contributed by atoms with Crippen LogP contribution >= 0.6 is 11.8 Å². The molecule has 1 atom stereocenters. The van der Waals surface area contributed by atoms with E-state index in [1.54, 1.807) is 18.2 Å². The van der Waals surface area contributed by atoms with Crippen molar-refractivity contribution in [2.24, 2.45) is 0 Å². The minimum atomic E-state index is -4.52. The number of alkyl halides is 3. The summed E-state index contributed by atoms with van der Waals surface area (Å²) in [5, 5.41) is 0. The van der Waals surface area contributed by atoms with Crippen LogP contribution in [0.2, 0.25) is 0 Å². The average molecular weight is 448 g/mol. The molecule has 0 spiro atoms. The third kappa shape index (κ3) is 6.94. The summed E-state index contributed by atoms with van der Waals surface area (Å²) in [6.07, 6.45) is -2.52. The Labute approximate surface area is 171 Å². The molecule has 0 saturated carbocycles. The van der Waals surface area contributed by atoms with Crippen molar-refractivity contribution in [3.05, 3.63) is 60.2 Å². The lowest BCUT2D eigenvalue weighted by Gasteiger charge is -2.19. The molecule has 0 aliphatic rings. The molecule has 2 aromatic carbocycles. The van der Waals surface area contributed by atoms with Gasteiger partial charge in [0.05, 0.1) is 16.1 Å². The van der Waals surface area contributed by atoms with Gasteiger partial charge in [0, 0.05) is 0 Å². The van der Waals surface area contributed by atoms with Crippen LogP contribution in [0.3, 0.4) is 0 Å². The van der Waals surface area contributed by atoms with Gasteiger partial charge >= 0.3 is 6.18 Å². The van der Waals surface area contributed by atoms with E-state index in [1.165, 1.54) is 36.0 Å². The maximum absolute atomic E-state index is 12.8. The fourth-order valence-electron chi connectivity index (χ4n) is 2.33. The minimum absolute atomic E-state index is 0.00721. The minimum Gasteiger partial charge on any atom is -0.299 e. The second-order valence-electron chi connectivity index (χ2n) is 5.96. The van der Waals surface area contributed by atoms with E-state index >= 15 is 0 Å². The number of rotatable bonds is 9. The number of nitrogens with one attached hydrogen (secondary N) is 3. The van der Waals surface area contributed by atoms with Crippen molar-refractivity contribution in [1.29, 1.82) is 0 Å². The lowest BCUT2D eigenvalue weighted by Crippen LogP contribution is -2.48. The van der Waals surface area contributed by atoms with E-state index in [0.29, 0.717) is 5.75 Å². The molecule has 158 valence electrons. The van der Waals surface area contributed by atoms with Crippen LogP contribution in [0.25, 0.3) is 0 Å². The Bertz CT molecular complexity index is 923. The Kier molecular flexibility index (Phi) is 7.94. The zero-order valence-corrected chi connectivity index (χ0v) is 17.0. The Hall–Kier alpha value is -2.24. The quantitative estimate of drug-likeness (QED) is 0.514. The van der Waals surface area contributed by atoms with Crippen molar-refractivity contribution in [2.75, 3.05) is 17.4 Å². The molecule has 0 aromatic heterocycles. The van der Waals surface area contributed by atoms with Gasteiger partial charge < -0.3 is 0 Å². The number of hydrogen-bond acceptors (Lipinski definition) is 5. The highest BCUT2D eigenvalue weighted by atomic mass is 32.2. The highest BCUT2D eigenvalue weighted by Crippen LogP contribution is 2.30. The summed E-state index contributed by atoms with van der Waals surface area (Å²) in [7, 11) is -3.94. The van der Waals surface area contributed by atoms with Gasteiger partial charge in [-0.25, -0.2) is 8.42 Å². The van der Waals surface area contributed by atoms with Crippen molar-refractivity contribution in [3.63, 3.8) is 0 Å². The average Bonchev–Trinajstić information content (AvgIpc) is 2.69. The van der Waals surface area contributed by atoms with Crippen LogP contribution in [0.4, 0.5) is 18.9 Å². The number of sulfonamides is 1. The molecule has 0 aliphatic heterocycles. The zero-order chi connectivity index (χ0) is 21.5. The second kappa shape index (κ2) is 9.99. The van der Waals surface area contributed by atoms with Gasteiger partial charge in [0.25, 0.3) is 5.91 Å². The maximum atomic E-state index is 12.8.